The molecule has 3 heteroatoms. The molecule has 2 nitrogen and oxygen atoms in total. The molecule has 0 aliphatic carbocycles. The Labute approximate surface area is 92.9 Å². The van der Waals surface area contributed by atoms with Gasteiger partial charge in [-0.25, -0.2) is 0 Å². The Bertz CT molecular complexity index is 494. The molecule has 0 saturated heterocycles. The summed E-state index contributed by atoms with van der Waals surface area (Å²) in [6, 6.07) is 14.1. The smallest absolute Gasteiger partial charge is 0.102 e. The highest BCUT2D eigenvalue weighted by atomic mass is 32.2. The van der Waals surface area contributed by atoms with Gasteiger partial charge in [-0.15, -0.1) is 11.8 Å². The van der Waals surface area contributed by atoms with Crippen LogP contribution in [0, 0.1) is 11.3 Å². The first-order chi connectivity index (χ1) is 7.35. The molecule has 0 radical (unpaired) electrons. The molecule has 1 heterocycles. The number of nitriles is 1. The average molecular weight is 214 g/mol. The van der Waals surface area contributed by atoms with Crippen molar-refractivity contribution in [3.8, 4) is 17.3 Å². The van der Waals surface area contributed by atoms with Gasteiger partial charge in [0.25, 0.3) is 0 Å². The fourth-order valence-corrected chi connectivity index (χ4v) is 1.99. The lowest BCUT2D eigenvalue weighted by Crippen LogP contribution is -1.76. The van der Waals surface area contributed by atoms with E-state index in [1.54, 1.807) is 11.8 Å². The lowest BCUT2D eigenvalue weighted by Gasteiger charge is -1.95. The van der Waals surface area contributed by atoms with Crippen molar-refractivity contribution >= 4 is 11.8 Å². The van der Waals surface area contributed by atoms with Crippen molar-refractivity contribution in [1.29, 1.82) is 5.26 Å². The summed E-state index contributed by atoms with van der Waals surface area (Å²) in [5, 5.41) is 9.85. The van der Waals surface area contributed by atoms with E-state index in [9.17, 15) is 0 Å². The second-order valence-electron chi connectivity index (χ2n) is 3.11. The highest BCUT2D eigenvalue weighted by Crippen LogP contribution is 2.26. The van der Waals surface area contributed by atoms with Crippen molar-refractivity contribution < 1.29 is 0 Å². The first-order valence-electron chi connectivity index (χ1n) is 4.57. The van der Waals surface area contributed by atoms with E-state index in [0.29, 0.717) is 5.56 Å². The van der Waals surface area contributed by atoms with E-state index in [2.05, 4.69) is 11.1 Å². The van der Waals surface area contributed by atoms with Crippen LogP contribution in [0.1, 0.15) is 5.56 Å². The van der Waals surface area contributed by atoms with Gasteiger partial charge in [-0.1, -0.05) is 30.3 Å². The van der Waals surface area contributed by atoms with Gasteiger partial charge in [-0.3, -0.25) is 0 Å². The van der Waals surface area contributed by atoms with Gasteiger partial charge >= 0.3 is 0 Å². The second-order valence-corrected chi connectivity index (χ2v) is 3.92. The Morgan fingerprint density at radius 1 is 1.27 bits per heavy atom. The Morgan fingerprint density at radius 2 is 2.00 bits per heavy atom. The second kappa shape index (κ2) is 4.24. The SMILES string of the molecule is CSc1[nH]c(-c2ccccc2)cc1C#N. The van der Waals surface area contributed by atoms with Gasteiger partial charge in [0.2, 0.25) is 0 Å². The molecule has 1 aromatic heterocycles. The van der Waals surface area contributed by atoms with Crippen molar-refractivity contribution in [2.75, 3.05) is 6.26 Å². The molecule has 74 valence electrons. The van der Waals surface area contributed by atoms with Crippen LogP contribution in [0.15, 0.2) is 41.4 Å². The number of hydrogen-bond donors (Lipinski definition) is 1. The number of nitrogens with zero attached hydrogens (tertiary/aromatic N) is 1. The molecule has 0 bridgehead atoms. The van der Waals surface area contributed by atoms with Gasteiger partial charge in [0.05, 0.1) is 10.6 Å². The molecule has 0 aliphatic rings. The molecule has 0 spiro atoms. The summed E-state index contributed by atoms with van der Waals surface area (Å²) in [7, 11) is 0. The van der Waals surface area contributed by atoms with Gasteiger partial charge in [0.15, 0.2) is 0 Å². The van der Waals surface area contributed by atoms with Gasteiger partial charge in [-0.05, 0) is 17.9 Å². The number of hydrogen-bond acceptors (Lipinski definition) is 2. The standard InChI is InChI=1S/C12H10N2S/c1-15-12-10(8-13)7-11(14-12)9-5-3-2-4-6-9/h2-7,14H,1H3. The van der Waals surface area contributed by atoms with Crippen molar-refractivity contribution in [2.45, 2.75) is 5.03 Å². The highest BCUT2D eigenvalue weighted by Gasteiger charge is 2.07. The molecule has 0 saturated carbocycles. The number of rotatable bonds is 2. The van der Waals surface area contributed by atoms with Crippen molar-refractivity contribution in [2.24, 2.45) is 0 Å². The fourth-order valence-electron chi connectivity index (χ4n) is 1.45. The minimum atomic E-state index is 0.710. The van der Waals surface area contributed by atoms with Crippen LogP contribution in [-0.2, 0) is 0 Å². The van der Waals surface area contributed by atoms with Gasteiger partial charge in [-0.2, -0.15) is 5.26 Å². The van der Waals surface area contributed by atoms with Crippen LogP contribution >= 0.6 is 11.8 Å². The van der Waals surface area contributed by atoms with E-state index in [1.807, 2.05) is 42.7 Å². The molecular weight excluding hydrogens is 204 g/mol. The minimum absolute atomic E-state index is 0.710. The Balaban J connectivity index is 2.48. The Hall–Kier alpha value is -1.66. The monoisotopic (exact) mass is 214 g/mol. The zero-order valence-electron chi connectivity index (χ0n) is 8.32. The van der Waals surface area contributed by atoms with Crippen molar-refractivity contribution in [3.05, 3.63) is 42.0 Å². The quantitative estimate of drug-likeness (QED) is 0.779. The number of nitrogens with one attached hydrogen (secondary N) is 1. The van der Waals surface area contributed by atoms with Gasteiger partial charge < -0.3 is 4.98 Å². The molecule has 2 rings (SSSR count). The zero-order valence-corrected chi connectivity index (χ0v) is 9.14. The van der Waals surface area contributed by atoms with Crippen LogP contribution in [0.5, 0.6) is 0 Å². The van der Waals surface area contributed by atoms with Crippen molar-refractivity contribution in [1.82, 2.24) is 4.98 Å². The van der Waals surface area contributed by atoms with E-state index in [1.165, 1.54) is 0 Å². The third-order valence-electron chi connectivity index (χ3n) is 2.19. The van der Waals surface area contributed by atoms with Crippen LogP contribution < -0.4 is 0 Å². The van der Waals surface area contributed by atoms with E-state index < -0.39 is 0 Å². The Kier molecular flexibility index (Phi) is 2.79. The number of aromatic nitrogens is 1. The summed E-state index contributed by atoms with van der Waals surface area (Å²) < 4.78 is 0. The fraction of sp³-hybridized carbons (Fsp3) is 0.0833. The third-order valence-corrected chi connectivity index (χ3v) is 2.92. The number of H-pyrrole nitrogens is 1. The summed E-state index contributed by atoms with van der Waals surface area (Å²) in [5.41, 5.74) is 2.81. The third kappa shape index (κ3) is 1.90. The molecule has 1 N–H and O–H groups in total. The number of aromatic amines is 1. The van der Waals surface area contributed by atoms with E-state index >= 15 is 0 Å². The maximum atomic E-state index is 8.93. The summed E-state index contributed by atoms with van der Waals surface area (Å²) in [6.07, 6.45) is 1.96. The summed E-state index contributed by atoms with van der Waals surface area (Å²) in [6.45, 7) is 0. The molecule has 0 aliphatic heterocycles. The van der Waals surface area contributed by atoms with E-state index in [4.69, 9.17) is 5.26 Å². The molecule has 2 aromatic rings. The van der Waals surface area contributed by atoms with Gasteiger partial charge in [0.1, 0.15) is 6.07 Å². The molecular formula is C12H10N2S. The molecule has 0 fully saturated rings. The molecule has 1 aromatic carbocycles. The Morgan fingerprint density at radius 3 is 2.53 bits per heavy atom. The van der Waals surface area contributed by atoms with Crippen LogP contribution in [-0.4, -0.2) is 11.2 Å². The largest absolute Gasteiger partial charge is 0.349 e. The normalized spacial score (nSPS) is 9.87. The minimum Gasteiger partial charge on any atom is -0.349 e. The summed E-state index contributed by atoms with van der Waals surface area (Å²) in [4.78, 5) is 3.24. The topological polar surface area (TPSA) is 39.6 Å². The first-order valence-corrected chi connectivity index (χ1v) is 5.80. The van der Waals surface area contributed by atoms with E-state index in [-0.39, 0.29) is 0 Å². The number of benzene rings is 1. The first kappa shape index (κ1) is 9.88. The van der Waals surface area contributed by atoms with E-state index in [0.717, 1.165) is 16.3 Å². The maximum absolute atomic E-state index is 8.93. The van der Waals surface area contributed by atoms with Crippen LogP contribution in [0.4, 0.5) is 0 Å². The maximum Gasteiger partial charge on any atom is 0.102 e. The lowest BCUT2D eigenvalue weighted by molar-refractivity contribution is 1.19. The highest BCUT2D eigenvalue weighted by molar-refractivity contribution is 7.98. The van der Waals surface area contributed by atoms with Crippen LogP contribution in [0.2, 0.25) is 0 Å². The summed E-state index contributed by atoms with van der Waals surface area (Å²) >= 11 is 1.56. The molecule has 15 heavy (non-hydrogen) atoms. The summed E-state index contributed by atoms with van der Waals surface area (Å²) in [5.74, 6) is 0. The zero-order chi connectivity index (χ0) is 10.7. The average Bonchev–Trinajstić information content (AvgIpc) is 2.73. The van der Waals surface area contributed by atoms with Crippen LogP contribution in [0.25, 0.3) is 11.3 Å². The van der Waals surface area contributed by atoms with Crippen LogP contribution in [0.3, 0.4) is 0 Å². The molecule has 0 atom stereocenters. The predicted molar refractivity (Wildman–Crippen MR) is 62.7 cm³/mol. The van der Waals surface area contributed by atoms with Crippen molar-refractivity contribution in [3.63, 3.8) is 0 Å². The lowest BCUT2D eigenvalue weighted by atomic mass is 10.1. The predicted octanol–water partition coefficient (Wildman–Crippen LogP) is 3.28. The molecule has 0 unspecified atom stereocenters. The number of thioether (sulfide) groups is 1. The van der Waals surface area contributed by atoms with Gasteiger partial charge in [0, 0.05) is 5.69 Å². The molecule has 0 amide bonds.